The monoisotopic (exact) mass is 291 g/mol. The molecule has 0 fully saturated rings. The predicted molar refractivity (Wildman–Crippen MR) is 92.7 cm³/mol. The second kappa shape index (κ2) is 5.87. The molecule has 0 amide bonds. The van der Waals surface area contributed by atoms with E-state index in [4.69, 9.17) is 11.5 Å². The molecular weight excluding hydrogens is 270 g/mol. The van der Waals surface area contributed by atoms with Gasteiger partial charge in [0, 0.05) is 5.71 Å². The summed E-state index contributed by atoms with van der Waals surface area (Å²) in [5.74, 6) is 0. The standard InChI is InChI=1S/C19H21N3/c1-14-10-11-19(21,18(20)22-14)13-15-6-5-9-17(12-15)16-7-3-2-4-8-16/h2-12,18H,13,20-21H2,1H3. The van der Waals surface area contributed by atoms with Gasteiger partial charge in [-0.3, -0.25) is 4.99 Å². The molecule has 0 saturated carbocycles. The summed E-state index contributed by atoms with van der Waals surface area (Å²) in [6.45, 7) is 1.94. The van der Waals surface area contributed by atoms with Crippen LogP contribution in [0.5, 0.6) is 0 Å². The Kier molecular flexibility index (Phi) is 3.92. The minimum atomic E-state index is -0.630. The van der Waals surface area contributed by atoms with E-state index in [1.54, 1.807) is 0 Å². The molecule has 1 aliphatic heterocycles. The summed E-state index contributed by atoms with van der Waals surface area (Å²) >= 11 is 0. The Balaban J connectivity index is 1.86. The molecule has 2 aromatic rings. The molecule has 0 aliphatic carbocycles. The van der Waals surface area contributed by atoms with Gasteiger partial charge in [0.2, 0.25) is 0 Å². The molecule has 1 heterocycles. The first-order chi connectivity index (χ1) is 10.6. The number of hydrogen-bond donors (Lipinski definition) is 2. The molecule has 3 heteroatoms. The smallest absolute Gasteiger partial charge is 0.119 e. The zero-order valence-electron chi connectivity index (χ0n) is 12.7. The normalized spacial score (nSPS) is 24.1. The Morgan fingerprint density at radius 2 is 1.77 bits per heavy atom. The van der Waals surface area contributed by atoms with Crippen molar-refractivity contribution in [2.24, 2.45) is 16.5 Å². The van der Waals surface area contributed by atoms with Crippen molar-refractivity contribution in [1.29, 1.82) is 0 Å². The van der Waals surface area contributed by atoms with E-state index in [0.717, 1.165) is 5.71 Å². The summed E-state index contributed by atoms with van der Waals surface area (Å²) in [6, 6.07) is 18.8. The third-order valence-corrected chi connectivity index (χ3v) is 4.07. The zero-order chi connectivity index (χ0) is 15.6. The quantitative estimate of drug-likeness (QED) is 0.913. The number of hydrogen-bond acceptors (Lipinski definition) is 3. The van der Waals surface area contributed by atoms with Crippen LogP contribution in [0.15, 0.2) is 71.7 Å². The Morgan fingerprint density at radius 3 is 2.50 bits per heavy atom. The van der Waals surface area contributed by atoms with Crippen LogP contribution in [0.1, 0.15) is 12.5 Å². The summed E-state index contributed by atoms with van der Waals surface area (Å²) in [5.41, 5.74) is 16.5. The first kappa shape index (κ1) is 14.7. The molecule has 0 radical (unpaired) electrons. The summed E-state index contributed by atoms with van der Waals surface area (Å²) in [6.07, 6.45) is 4.19. The van der Waals surface area contributed by atoms with Gasteiger partial charge in [-0.05, 0) is 36.1 Å². The van der Waals surface area contributed by atoms with Crippen LogP contribution >= 0.6 is 0 Å². The first-order valence-corrected chi connectivity index (χ1v) is 7.49. The van der Waals surface area contributed by atoms with Crippen molar-refractivity contribution in [2.75, 3.05) is 0 Å². The number of allylic oxidation sites excluding steroid dienone is 1. The van der Waals surface area contributed by atoms with Gasteiger partial charge in [0.1, 0.15) is 6.17 Å². The van der Waals surface area contributed by atoms with E-state index in [-0.39, 0.29) is 0 Å². The number of aliphatic imine (C=N–C) groups is 1. The molecule has 0 bridgehead atoms. The average Bonchev–Trinajstić information content (AvgIpc) is 2.53. The van der Waals surface area contributed by atoms with Crippen molar-refractivity contribution < 1.29 is 0 Å². The van der Waals surface area contributed by atoms with Gasteiger partial charge in [0.05, 0.1) is 5.54 Å². The van der Waals surface area contributed by atoms with Crippen LogP contribution in [0.3, 0.4) is 0 Å². The van der Waals surface area contributed by atoms with Gasteiger partial charge in [0.15, 0.2) is 0 Å². The molecule has 4 N–H and O–H groups in total. The van der Waals surface area contributed by atoms with Gasteiger partial charge < -0.3 is 11.5 Å². The third kappa shape index (κ3) is 3.01. The van der Waals surface area contributed by atoms with Crippen molar-refractivity contribution in [3.63, 3.8) is 0 Å². The second-order valence-electron chi connectivity index (χ2n) is 5.90. The van der Waals surface area contributed by atoms with Crippen molar-refractivity contribution in [3.8, 4) is 11.1 Å². The molecule has 1 aliphatic rings. The van der Waals surface area contributed by atoms with E-state index in [1.165, 1.54) is 16.7 Å². The maximum atomic E-state index is 6.47. The fourth-order valence-electron chi connectivity index (χ4n) is 2.77. The lowest BCUT2D eigenvalue weighted by molar-refractivity contribution is 0.424. The SMILES string of the molecule is CC1=NC(N)C(N)(Cc2cccc(-c3ccccc3)c2)C=C1. The van der Waals surface area contributed by atoms with Gasteiger partial charge in [-0.1, -0.05) is 60.7 Å². The molecule has 2 atom stereocenters. The van der Waals surface area contributed by atoms with Crippen molar-refractivity contribution >= 4 is 5.71 Å². The fourth-order valence-corrected chi connectivity index (χ4v) is 2.77. The highest BCUT2D eigenvalue weighted by atomic mass is 15.0. The van der Waals surface area contributed by atoms with Gasteiger partial charge >= 0.3 is 0 Å². The Labute approximate surface area is 131 Å². The van der Waals surface area contributed by atoms with Crippen LogP contribution < -0.4 is 11.5 Å². The number of benzene rings is 2. The molecule has 0 aromatic heterocycles. The molecule has 3 rings (SSSR count). The van der Waals surface area contributed by atoms with E-state index < -0.39 is 11.7 Å². The maximum absolute atomic E-state index is 6.47. The highest BCUT2D eigenvalue weighted by molar-refractivity contribution is 5.94. The Morgan fingerprint density at radius 1 is 1.05 bits per heavy atom. The largest absolute Gasteiger partial charge is 0.319 e. The topological polar surface area (TPSA) is 64.4 Å². The highest BCUT2D eigenvalue weighted by Gasteiger charge is 2.32. The van der Waals surface area contributed by atoms with Crippen LogP contribution in [0.4, 0.5) is 0 Å². The maximum Gasteiger partial charge on any atom is 0.119 e. The van der Waals surface area contributed by atoms with Crippen LogP contribution in [0.2, 0.25) is 0 Å². The van der Waals surface area contributed by atoms with Crippen molar-refractivity contribution in [1.82, 2.24) is 0 Å². The number of nitrogens with zero attached hydrogens (tertiary/aromatic N) is 1. The molecular formula is C19H21N3. The van der Waals surface area contributed by atoms with Crippen molar-refractivity contribution in [3.05, 3.63) is 72.3 Å². The van der Waals surface area contributed by atoms with Crippen LogP contribution in [-0.2, 0) is 6.42 Å². The summed E-state index contributed by atoms with van der Waals surface area (Å²) < 4.78 is 0. The highest BCUT2D eigenvalue weighted by Crippen LogP contribution is 2.24. The molecule has 2 aromatic carbocycles. The predicted octanol–water partition coefficient (Wildman–Crippen LogP) is 2.91. The van der Waals surface area contributed by atoms with Gasteiger partial charge in [-0.2, -0.15) is 0 Å². The molecule has 0 saturated heterocycles. The number of dihydropyridines is 1. The number of rotatable bonds is 3. The molecule has 112 valence electrons. The Hall–Kier alpha value is -2.23. The Bertz CT molecular complexity index is 718. The average molecular weight is 291 g/mol. The summed E-state index contributed by atoms with van der Waals surface area (Å²) in [4.78, 5) is 4.40. The first-order valence-electron chi connectivity index (χ1n) is 7.49. The zero-order valence-corrected chi connectivity index (χ0v) is 12.7. The molecule has 2 unspecified atom stereocenters. The lowest BCUT2D eigenvalue weighted by Gasteiger charge is -2.33. The summed E-state index contributed by atoms with van der Waals surface area (Å²) in [7, 11) is 0. The number of nitrogens with two attached hydrogens (primary N) is 2. The summed E-state index contributed by atoms with van der Waals surface area (Å²) in [5, 5.41) is 0. The molecule has 3 nitrogen and oxygen atoms in total. The molecule has 0 spiro atoms. The third-order valence-electron chi connectivity index (χ3n) is 4.07. The second-order valence-corrected chi connectivity index (χ2v) is 5.90. The van der Waals surface area contributed by atoms with Crippen LogP contribution in [-0.4, -0.2) is 17.4 Å². The van der Waals surface area contributed by atoms with Gasteiger partial charge in [-0.25, -0.2) is 0 Å². The molecule has 22 heavy (non-hydrogen) atoms. The lowest BCUT2D eigenvalue weighted by atomic mass is 9.86. The lowest BCUT2D eigenvalue weighted by Crippen LogP contribution is -2.56. The van der Waals surface area contributed by atoms with Crippen LogP contribution in [0, 0.1) is 0 Å². The minimum Gasteiger partial charge on any atom is -0.319 e. The van der Waals surface area contributed by atoms with Crippen LogP contribution in [0.25, 0.3) is 11.1 Å². The van der Waals surface area contributed by atoms with Crippen molar-refractivity contribution in [2.45, 2.75) is 25.0 Å². The van der Waals surface area contributed by atoms with E-state index in [1.807, 2.05) is 37.3 Å². The van der Waals surface area contributed by atoms with Gasteiger partial charge in [0.25, 0.3) is 0 Å². The van der Waals surface area contributed by atoms with E-state index >= 15 is 0 Å². The minimum absolute atomic E-state index is 0.405. The van der Waals surface area contributed by atoms with Gasteiger partial charge in [-0.15, -0.1) is 0 Å². The van der Waals surface area contributed by atoms with E-state index in [9.17, 15) is 0 Å². The van der Waals surface area contributed by atoms with E-state index in [2.05, 4.69) is 41.4 Å². The van der Waals surface area contributed by atoms with E-state index in [0.29, 0.717) is 6.42 Å². The fraction of sp³-hybridized carbons (Fsp3) is 0.211.